The number of rotatable bonds is 5. The SMILES string of the molecule is Cc1cccc(C2C(C(=O)CC(C)C)=C(O)C(=O)N2c2nc3ccccc3[nH]2)c1. The van der Waals surface area contributed by atoms with Crippen molar-refractivity contribution in [3.8, 4) is 0 Å². The van der Waals surface area contributed by atoms with Crippen LogP contribution in [-0.4, -0.2) is 26.8 Å². The minimum atomic E-state index is -0.728. The van der Waals surface area contributed by atoms with Crippen LogP contribution in [0.4, 0.5) is 5.95 Å². The van der Waals surface area contributed by atoms with Gasteiger partial charge in [-0.05, 0) is 30.5 Å². The van der Waals surface area contributed by atoms with Crippen molar-refractivity contribution in [2.75, 3.05) is 4.90 Å². The number of anilines is 1. The van der Waals surface area contributed by atoms with Gasteiger partial charge in [-0.2, -0.15) is 0 Å². The molecule has 1 aromatic heterocycles. The third-order valence-electron chi connectivity index (χ3n) is 5.07. The van der Waals surface area contributed by atoms with Crippen molar-refractivity contribution >= 4 is 28.7 Å². The van der Waals surface area contributed by atoms with Crippen LogP contribution in [0, 0.1) is 12.8 Å². The van der Waals surface area contributed by atoms with Crippen LogP contribution < -0.4 is 4.90 Å². The number of nitrogens with one attached hydrogen (secondary N) is 1. The minimum Gasteiger partial charge on any atom is -0.503 e. The average molecular weight is 389 g/mol. The Kier molecular flexibility index (Phi) is 4.70. The molecule has 6 nitrogen and oxygen atoms in total. The van der Waals surface area contributed by atoms with E-state index >= 15 is 0 Å². The first-order valence-corrected chi connectivity index (χ1v) is 9.68. The number of hydrogen-bond donors (Lipinski definition) is 2. The van der Waals surface area contributed by atoms with Crippen LogP contribution in [0.5, 0.6) is 0 Å². The molecule has 1 unspecified atom stereocenters. The largest absolute Gasteiger partial charge is 0.503 e. The predicted octanol–water partition coefficient (Wildman–Crippen LogP) is 4.39. The number of H-pyrrole nitrogens is 1. The van der Waals surface area contributed by atoms with E-state index < -0.39 is 17.7 Å². The van der Waals surface area contributed by atoms with Gasteiger partial charge in [0.2, 0.25) is 5.95 Å². The highest BCUT2D eigenvalue weighted by molar-refractivity contribution is 6.16. The summed E-state index contributed by atoms with van der Waals surface area (Å²) in [5.41, 5.74) is 3.38. The topological polar surface area (TPSA) is 86.3 Å². The van der Waals surface area contributed by atoms with Gasteiger partial charge in [0.25, 0.3) is 5.91 Å². The van der Waals surface area contributed by atoms with Gasteiger partial charge in [0.1, 0.15) is 0 Å². The number of fused-ring (bicyclic) bond motifs is 1. The first-order valence-electron chi connectivity index (χ1n) is 9.68. The number of aliphatic hydroxyl groups is 1. The summed E-state index contributed by atoms with van der Waals surface area (Å²) < 4.78 is 0. The zero-order chi connectivity index (χ0) is 20.7. The Labute approximate surface area is 168 Å². The highest BCUT2D eigenvalue weighted by Gasteiger charge is 2.45. The number of hydrogen-bond acceptors (Lipinski definition) is 4. The molecule has 0 fully saturated rings. The van der Waals surface area contributed by atoms with Crippen molar-refractivity contribution < 1.29 is 14.7 Å². The molecule has 2 heterocycles. The van der Waals surface area contributed by atoms with Gasteiger partial charge in [-0.15, -0.1) is 0 Å². The quantitative estimate of drug-likeness (QED) is 0.678. The third kappa shape index (κ3) is 3.31. The molecule has 0 aliphatic carbocycles. The van der Waals surface area contributed by atoms with Gasteiger partial charge in [-0.1, -0.05) is 55.8 Å². The fourth-order valence-corrected chi connectivity index (χ4v) is 3.80. The van der Waals surface area contributed by atoms with Crippen LogP contribution in [0.1, 0.15) is 37.4 Å². The number of Topliss-reactive ketones (excluding diaryl/α,β-unsaturated/α-hetero) is 1. The van der Waals surface area contributed by atoms with Gasteiger partial charge >= 0.3 is 0 Å². The molecule has 2 aromatic carbocycles. The van der Waals surface area contributed by atoms with Crippen molar-refractivity contribution in [3.05, 3.63) is 71.0 Å². The molecule has 4 rings (SSSR count). The van der Waals surface area contributed by atoms with Gasteiger partial charge < -0.3 is 10.1 Å². The van der Waals surface area contributed by atoms with Gasteiger partial charge in [0.05, 0.1) is 22.6 Å². The molecule has 1 aliphatic heterocycles. The van der Waals surface area contributed by atoms with E-state index in [-0.39, 0.29) is 23.7 Å². The molecule has 3 aromatic rings. The summed E-state index contributed by atoms with van der Waals surface area (Å²) in [7, 11) is 0. The summed E-state index contributed by atoms with van der Waals surface area (Å²) in [5.74, 6) is -0.931. The maximum absolute atomic E-state index is 13.1. The van der Waals surface area contributed by atoms with E-state index in [1.54, 1.807) is 0 Å². The first-order chi connectivity index (χ1) is 13.9. The number of para-hydroxylation sites is 2. The van der Waals surface area contributed by atoms with Crippen molar-refractivity contribution in [3.63, 3.8) is 0 Å². The van der Waals surface area contributed by atoms with E-state index in [4.69, 9.17) is 0 Å². The number of aromatic amines is 1. The van der Waals surface area contributed by atoms with Crippen molar-refractivity contribution in [1.29, 1.82) is 0 Å². The van der Waals surface area contributed by atoms with E-state index in [1.165, 1.54) is 4.90 Å². The van der Waals surface area contributed by atoms with E-state index in [2.05, 4.69) is 9.97 Å². The Bertz CT molecular complexity index is 1110. The summed E-state index contributed by atoms with van der Waals surface area (Å²) in [5, 5.41) is 10.7. The van der Waals surface area contributed by atoms with Crippen molar-refractivity contribution in [2.45, 2.75) is 33.2 Å². The number of carbonyl (C=O) groups excluding carboxylic acids is 2. The molecule has 0 radical (unpaired) electrons. The molecule has 0 bridgehead atoms. The lowest BCUT2D eigenvalue weighted by molar-refractivity contribution is -0.118. The monoisotopic (exact) mass is 389 g/mol. The van der Waals surface area contributed by atoms with Crippen LogP contribution in [-0.2, 0) is 9.59 Å². The van der Waals surface area contributed by atoms with E-state index in [1.807, 2.05) is 69.3 Å². The summed E-state index contributed by atoms with van der Waals surface area (Å²) in [4.78, 5) is 35.1. The Morgan fingerprint density at radius 2 is 1.97 bits per heavy atom. The van der Waals surface area contributed by atoms with E-state index in [0.29, 0.717) is 11.5 Å². The number of aromatic nitrogens is 2. The minimum absolute atomic E-state index is 0.108. The fraction of sp³-hybridized carbons (Fsp3) is 0.261. The van der Waals surface area contributed by atoms with Crippen LogP contribution >= 0.6 is 0 Å². The molecule has 1 amide bonds. The van der Waals surface area contributed by atoms with Crippen LogP contribution in [0.15, 0.2) is 59.9 Å². The van der Waals surface area contributed by atoms with Gasteiger partial charge in [-0.25, -0.2) is 4.98 Å². The summed E-state index contributed by atoms with van der Waals surface area (Å²) in [6.45, 7) is 5.82. The average Bonchev–Trinajstić information content (AvgIpc) is 3.20. The molecule has 29 heavy (non-hydrogen) atoms. The Hall–Kier alpha value is -3.41. The van der Waals surface area contributed by atoms with Crippen LogP contribution in [0.2, 0.25) is 0 Å². The number of nitrogens with zero attached hydrogens (tertiary/aromatic N) is 2. The van der Waals surface area contributed by atoms with Gasteiger partial charge in [0.15, 0.2) is 11.5 Å². The zero-order valence-corrected chi connectivity index (χ0v) is 16.6. The summed E-state index contributed by atoms with van der Waals surface area (Å²) in [6.07, 6.45) is 0.253. The molecule has 1 atom stereocenters. The second-order valence-corrected chi connectivity index (χ2v) is 7.85. The molecular formula is C23H23N3O3. The number of aryl methyl sites for hydroxylation is 1. The zero-order valence-electron chi connectivity index (χ0n) is 16.6. The summed E-state index contributed by atoms with van der Waals surface area (Å²) >= 11 is 0. The highest BCUT2D eigenvalue weighted by Crippen LogP contribution is 2.41. The molecule has 6 heteroatoms. The Morgan fingerprint density at radius 3 is 2.66 bits per heavy atom. The molecule has 0 saturated heterocycles. The number of amides is 1. The molecule has 148 valence electrons. The lowest BCUT2D eigenvalue weighted by atomic mass is 9.91. The normalized spacial score (nSPS) is 17.0. The Morgan fingerprint density at radius 1 is 1.21 bits per heavy atom. The lowest BCUT2D eigenvalue weighted by Gasteiger charge is -2.25. The lowest BCUT2D eigenvalue weighted by Crippen LogP contribution is -2.32. The maximum atomic E-state index is 13.1. The second kappa shape index (κ2) is 7.20. The number of ketones is 1. The van der Waals surface area contributed by atoms with E-state index in [9.17, 15) is 14.7 Å². The standard InChI is InChI=1S/C23H23N3O3/c1-13(2)11-18(27)19-20(15-8-6-7-14(3)12-15)26(22(29)21(19)28)23-24-16-9-4-5-10-17(16)25-23/h4-10,12-13,20,28H,11H2,1-3H3,(H,24,25). The maximum Gasteiger partial charge on any atom is 0.296 e. The molecule has 2 N–H and O–H groups in total. The van der Waals surface area contributed by atoms with Crippen LogP contribution in [0.25, 0.3) is 11.0 Å². The smallest absolute Gasteiger partial charge is 0.296 e. The van der Waals surface area contributed by atoms with E-state index in [0.717, 1.165) is 16.6 Å². The summed E-state index contributed by atoms with van der Waals surface area (Å²) in [6, 6.07) is 14.3. The van der Waals surface area contributed by atoms with Crippen molar-refractivity contribution in [1.82, 2.24) is 9.97 Å². The number of imidazole rings is 1. The molecule has 0 saturated carbocycles. The number of aliphatic hydroxyl groups excluding tert-OH is 1. The Balaban J connectivity index is 1.87. The molecule has 1 aliphatic rings. The second-order valence-electron chi connectivity index (χ2n) is 7.85. The van der Waals surface area contributed by atoms with Crippen molar-refractivity contribution in [2.24, 2.45) is 5.92 Å². The number of carbonyl (C=O) groups is 2. The first kappa shape index (κ1) is 18.9. The van der Waals surface area contributed by atoms with Gasteiger partial charge in [-0.3, -0.25) is 14.5 Å². The number of benzene rings is 2. The highest BCUT2D eigenvalue weighted by atomic mass is 16.3. The molecule has 0 spiro atoms. The van der Waals surface area contributed by atoms with Crippen LogP contribution in [0.3, 0.4) is 0 Å². The van der Waals surface area contributed by atoms with Gasteiger partial charge in [0, 0.05) is 6.42 Å². The predicted molar refractivity (Wildman–Crippen MR) is 112 cm³/mol. The fourth-order valence-electron chi connectivity index (χ4n) is 3.80. The molecular weight excluding hydrogens is 366 g/mol. The third-order valence-corrected chi connectivity index (χ3v) is 5.07.